The fourth-order valence-corrected chi connectivity index (χ4v) is 2.35. The molecule has 4 nitrogen and oxygen atoms in total. The van der Waals surface area contributed by atoms with Gasteiger partial charge in [0.25, 0.3) is 0 Å². The Morgan fingerprint density at radius 3 is 2.83 bits per heavy atom. The number of benzene rings is 1. The van der Waals surface area contributed by atoms with Crippen LogP contribution in [0.5, 0.6) is 0 Å². The summed E-state index contributed by atoms with van der Waals surface area (Å²) >= 11 is 0. The van der Waals surface area contributed by atoms with E-state index in [1.54, 1.807) is 0 Å². The van der Waals surface area contributed by atoms with E-state index in [2.05, 4.69) is 53.1 Å². The van der Waals surface area contributed by atoms with Gasteiger partial charge >= 0.3 is 0 Å². The van der Waals surface area contributed by atoms with Gasteiger partial charge in [0.2, 0.25) is 0 Å². The van der Waals surface area contributed by atoms with E-state index in [1.807, 2.05) is 6.07 Å². The largest absolute Gasteiger partial charge is 0.382 e. The molecular weight excluding hydrogens is 224 g/mol. The average Bonchev–Trinajstić information content (AvgIpc) is 2.93. The van der Waals surface area contributed by atoms with Crippen molar-refractivity contribution in [3.05, 3.63) is 36.0 Å². The van der Waals surface area contributed by atoms with Crippen LogP contribution in [0, 0.1) is 0 Å². The van der Waals surface area contributed by atoms with E-state index in [0.29, 0.717) is 5.82 Å². The van der Waals surface area contributed by atoms with Gasteiger partial charge in [-0.15, -0.1) is 0 Å². The lowest BCUT2D eigenvalue weighted by Gasteiger charge is -2.00. The molecule has 3 rings (SSSR count). The molecule has 0 saturated carbocycles. The average molecular weight is 240 g/mol. The summed E-state index contributed by atoms with van der Waals surface area (Å²) in [5.74, 6) is 0.522. The second kappa shape index (κ2) is 3.91. The molecule has 0 aliphatic rings. The molecule has 2 heterocycles. The summed E-state index contributed by atoms with van der Waals surface area (Å²) in [7, 11) is 2.05. The Balaban J connectivity index is 2.28. The molecule has 0 bridgehead atoms. The maximum atomic E-state index is 5.67. The summed E-state index contributed by atoms with van der Waals surface area (Å²) < 4.78 is 2.13. The van der Waals surface area contributed by atoms with Gasteiger partial charge in [0.05, 0.1) is 5.69 Å². The zero-order chi connectivity index (χ0) is 12.7. The molecular formula is C14H16N4. The lowest BCUT2D eigenvalue weighted by atomic mass is 10.1. The van der Waals surface area contributed by atoms with Crippen LogP contribution < -0.4 is 5.73 Å². The van der Waals surface area contributed by atoms with Gasteiger partial charge in [-0.2, -0.15) is 5.10 Å². The number of aryl methyl sites for hydroxylation is 2. The minimum Gasteiger partial charge on any atom is -0.382 e. The fraction of sp³-hybridized carbons (Fsp3) is 0.214. The van der Waals surface area contributed by atoms with Gasteiger partial charge < -0.3 is 10.3 Å². The van der Waals surface area contributed by atoms with Gasteiger partial charge in [-0.1, -0.05) is 13.0 Å². The first-order chi connectivity index (χ1) is 8.69. The number of rotatable bonds is 2. The van der Waals surface area contributed by atoms with Crippen LogP contribution in [0.15, 0.2) is 30.5 Å². The molecule has 3 N–H and O–H groups in total. The molecule has 18 heavy (non-hydrogen) atoms. The van der Waals surface area contributed by atoms with E-state index in [-0.39, 0.29) is 0 Å². The Morgan fingerprint density at radius 2 is 2.17 bits per heavy atom. The van der Waals surface area contributed by atoms with Crippen LogP contribution in [-0.2, 0) is 13.5 Å². The summed E-state index contributed by atoms with van der Waals surface area (Å²) in [5.41, 5.74) is 10.3. The number of nitrogens with one attached hydrogen (secondary N) is 1. The maximum Gasteiger partial charge on any atom is 0.145 e. The first-order valence-corrected chi connectivity index (χ1v) is 6.08. The highest BCUT2D eigenvalue weighted by Gasteiger charge is 2.10. The van der Waals surface area contributed by atoms with Crippen molar-refractivity contribution in [2.24, 2.45) is 7.05 Å². The minimum atomic E-state index is 0.522. The van der Waals surface area contributed by atoms with Crippen LogP contribution in [-0.4, -0.2) is 14.8 Å². The first-order valence-electron chi connectivity index (χ1n) is 6.08. The van der Waals surface area contributed by atoms with Gasteiger partial charge in [0.1, 0.15) is 5.82 Å². The van der Waals surface area contributed by atoms with Gasteiger partial charge in [0.15, 0.2) is 0 Å². The Labute approximate surface area is 105 Å². The SMILES string of the molecule is CCc1ccc2c(c1)c(-c1cc(N)n[nH]1)cn2C. The van der Waals surface area contributed by atoms with Crippen LogP contribution in [0.4, 0.5) is 5.82 Å². The Bertz CT molecular complexity index is 706. The zero-order valence-corrected chi connectivity index (χ0v) is 10.6. The molecule has 0 aliphatic carbocycles. The van der Waals surface area contributed by atoms with Crippen LogP contribution >= 0.6 is 0 Å². The number of nitrogens with two attached hydrogens (primary N) is 1. The summed E-state index contributed by atoms with van der Waals surface area (Å²) in [6.45, 7) is 2.16. The van der Waals surface area contributed by atoms with Crippen LogP contribution in [0.3, 0.4) is 0 Å². The quantitative estimate of drug-likeness (QED) is 0.723. The van der Waals surface area contributed by atoms with Crippen molar-refractivity contribution in [1.82, 2.24) is 14.8 Å². The molecule has 0 amide bonds. The standard InChI is InChI=1S/C14H16N4/c1-3-9-4-5-13-10(6-9)11(8-18(13)2)12-7-14(15)17-16-12/h4-8H,3H2,1-2H3,(H3,15,16,17). The Kier molecular flexibility index (Phi) is 2.37. The molecule has 3 aromatic rings. The molecule has 2 aromatic heterocycles. The molecule has 92 valence electrons. The van der Waals surface area contributed by atoms with Crippen LogP contribution in [0.1, 0.15) is 12.5 Å². The summed E-state index contributed by atoms with van der Waals surface area (Å²) in [6.07, 6.45) is 3.15. The number of hydrogen-bond acceptors (Lipinski definition) is 2. The van der Waals surface area contributed by atoms with E-state index in [9.17, 15) is 0 Å². The molecule has 0 aliphatic heterocycles. The highest BCUT2D eigenvalue weighted by molar-refractivity contribution is 5.95. The number of H-pyrrole nitrogens is 1. The second-order valence-corrected chi connectivity index (χ2v) is 4.57. The van der Waals surface area contributed by atoms with E-state index < -0.39 is 0 Å². The van der Waals surface area contributed by atoms with Gasteiger partial charge in [-0.25, -0.2) is 0 Å². The zero-order valence-electron chi connectivity index (χ0n) is 10.6. The first kappa shape index (κ1) is 10.9. The molecule has 0 fully saturated rings. The van der Waals surface area contributed by atoms with E-state index in [1.165, 1.54) is 16.5 Å². The minimum absolute atomic E-state index is 0.522. The predicted octanol–water partition coefficient (Wildman–Crippen LogP) is 2.71. The van der Waals surface area contributed by atoms with Crippen LogP contribution in [0.25, 0.3) is 22.2 Å². The summed E-state index contributed by atoms with van der Waals surface area (Å²) in [6, 6.07) is 8.44. The van der Waals surface area contributed by atoms with Crippen molar-refractivity contribution in [2.45, 2.75) is 13.3 Å². The Hall–Kier alpha value is -2.23. The lowest BCUT2D eigenvalue weighted by molar-refractivity contribution is 0.968. The molecule has 0 atom stereocenters. The smallest absolute Gasteiger partial charge is 0.145 e. The number of hydrogen-bond donors (Lipinski definition) is 2. The number of aromatic amines is 1. The third-order valence-corrected chi connectivity index (χ3v) is 3.35. The Morgan fingerprint density at radius 1 is 1.33 bits per heavy atom. The van der Waals surface area contributed by atoms with Crippen molar-refractivity contribution >= 4 is 16.7 Å². The van der Waals surface area contributed by atoms with E-state index >= 15 is 0 Å². The van der Waals surface area contributed by atoms with Gasteiger partial charge in [-0.3, -0.25) is 5.10 Å². The molecule has 0 radical (unpaired) electrons. The lowest BCUT2D eigenvalue weighted by Crippen LogP contribution is -1.84. The number of nitrogens with zero attached hydrogens (tertiary/aromatic N) is 2. The highest BCUT2D eigenvalue weighted by atomic mass is 15.2. The normalized spacial score (nSPS) is 11.2. The van der Waals surface area contributed by atoms with Gasteiger partial charge in [-0.05, 0) is 24.1 Å². The van der Waals surface area contributed by atoms with E-state index in [4.69, 9.17) is 5.73 Å². The number of anilines is 1. The summed E-state index contributed by atoms with van der Waals surface area (Å²) in [5, 5.41) is 8.21. The van der Waals surface area contributed by atoms with Crippen molar-refractivity contribution in [3.63, 3.8) is 0 Å². The number of fused-ring (bicyclic) bond motifs is 1. The van der Waals surface area contributed by atoms with Crippen molar-refractivity contribution in [2.75, 3.05) is 5.73 Å². The second-order valence-electron chi connectivity index (χ2n) is 4.57. The third kappa shape index (κ3) is 1.57. The fourth-order valence-electron chi connectivity index (χ4n) is 2.35. The highest BCUT2D eigenvalue weighted by Crippen LogP contribution is 2.30. The summed E-state index contributed by atoms with van der Waals surface area (Å²) in [4.78, 5) is 0. The van der Waals surface area contributed by atoms with Crippen molar-refractivity contribution in [1.29, 1.82) is 0 Å². The van der Waals surface area contributed by atoms with Gasteiger partial charge in [0, 0.05) is 35.8 Å². The number of nitrogen functional groups attached to an aromatic ring is 1. The third-order valence-electron chi connectivity index (χ3n) is 3.35. The maximum absolute atomic E-state index is 5.67. The van der Waals surface area contributed by atoms with Crippen molar-refractivity contribution < 1.29 is 0 Å². The van der Waals surface area contributed by atoms with Crippen molar-refractivity contribution in [3.8, 4) is 11.3 Å². The molecule has 0 saturated heterocycles. The topological polar surface area (TPSA) is 59.6 Å². The monoisotopic (exact) mass is 240 g/mol. The molecule has 4 heteroatoms. The molecule has 1 aromatic carbocycles. The molecule has 0 spiro atoms. The van der Waals surface area contributed by atoms with Crippen LogP contribution in [0.2, 0.25) is 0 Å². The predicted molar refractivity (Wildman–Crippen MR) is 74.3 cm³/mol. The van der Waals surface area contributed by atoms with E-state index in [0.717, 1.165) is 17.7 Å². The molecule has 0 unspecified atom stereocenters. The number of aromatic nitrogens is 3.